The Morgan fingerprint density at radius 1 is 1.04 bits per heavy atom. The normalized spacial score (nSPS) is 14.4. The molecule has 0 aromatic heterocycles. The van der Waals surface area contributed by atoms with Gasteiger partial charge >= 0.3 is 0 Å². The van der Waals surface area contributed by atoms with Crippen molar-refractivity contribution in [3.8, 4) is 0 Å². The fraction of sp³-hybridized carbons (Fsp3) is 0.391. The summed E-state index contributed by atoms with van der Waals surface area (Å²) in [6, 6.07) is 18.8. The molecular weight excluding hydrogens is 348 g/mol. The molecule has 0 unspecified atom stereocenters. The molecule has 0 atom stereocenters. The van der Waals surface area contributed by atoms with E-state index in [2.05, 4.69) is 52.0 Å². The van der Waals surface area contributed by atoms with Gasteiger partial charge in [-0.2, -0.15) is 0 Å². The number of nitrogens with zero attached hydrogens (tertiary/aromatic N) is 2. The molecule has 1 aliphatic rings. The van der Waals surface area contributed by atoms with Crippen molar-refractivity contribution in [3.05, 3.63) is 71.3 Å². The minimum Gasteiger partial charge on any atom is -0.356 e. The van der Waals surface area contributed by atoms with Crippen LogP contribution in [-0.4, -0.2) is 36.9 Å². The molecule has 1 aliphatic heterocycles. The molecule has 1 heterocycles. The summed E-state index contributed by atoms with van der Waals surface area (Å²) >= 11 is 0. The van der Waals surface area contributed by atoms with E-state index in [0.29, 0.717) is 19.5 Å². The van der Waals surface area contributed by atoms with Gasteiger partial charge in [0.1, 0.15) is 0 Å². The molecule has 28 heavy (non-hydrogen) atoms. The van der Waals surface area contributed by atoms with E-state index in [1.807, 2.05) is 23.1 Å². The van der Waals surface area contributed by atoms with Crippen molar-refractivity contribution in [2.24, 2.45) is 4.99 Å². The van der Waals surface area contributed by atoms with E-state index in [-0.39, 0.29) is 5.91 Å². The van der Waals surface area contributed by atoms with Crippen molar-refractivity contribution >= 4 is 11.9 Å². The number of nitrogens with one attached hydrogen (secondary N) is 2. The van der Waals surface area contributed by atoms with E-state index >= 15 is 0 Å². The molecule has 5 heteroatoms. The predicted octanol–water partition coefficient (Wildman–Crippen LogP) is 3.11. The molecule has 3 rings (SSSR count). The Hall–Kier alpha value is -2.82. The third-order valence-corrected chi connectivity index (χ3v) is 5.10. The first kappa shape index (κ1) is 19.9. The number of hydrogen-bond donors (Lipinski definition) is 2. The minimum atomic E-state index is 0.263. The number of carbonyl (C=O) groups excluding carboxylic acids is 1. The smallest absolute Gasteiger partial charge is 0.222 e. The zero-order chi connectivity index (χ0) is 19.6. The molecule has 1 saturated heterocycles. The highest BCUT2D eigenvalue weighted by Gasteiger charge is 2.20. The fourth-order valence-corrected chi connectivity index (χ4v) is 3.50. The van der Waals surface area contributed by atoms with Crippen molar-refractivity contribution in [2.75, 3.05) is 20.1 Å². The first-order chi connectivity index (χ1) is 13.8. The largest absolute Gasteiger partial charge is 0.356 e. The number of aliphatic imine (C=N–C) groups is 1. The Morgan fingerprint density at radius 3 is 2.50 bits per heavy atom. The summed E-state index contributed by atoms with van der Waals surface area (Å²) in [6.07, 6.45) is 3.76. The van der Waals surface area contributed by atoms with Gasteiger partial charge in [-0.3, -0.25) is 9.79 Å². The van der Waals surface area contributed by atoms with Gasteiger partial charge in [-0.15, -0.1) is 0 Å². The van der Waals surface area contributed by atoms with Crippen LogP contribution >= 0.6 is 0 Å². The summed E-state index contributed by atoms with van der Waals surface area (Å²) in [7, 11) is 1.79. The van der Waals surface area contributed by atoms with E-state index < -0.39 is 0 Å². The fourth-order valence-electron chi connectivity index (χ4n) is 3.50. The average molecular weight is 379 g/mol. The third kappa shape index (κ3) is 5.84. The van der Waals surface area contributed by atoms with Gasteiger partial charge in [0.2, 0.25) is 5.91 Å². The standard InChI is InChI=1S/C23H30N4O/c1-24-23(25-15-7-11-19-9-3-2-4-10-19)26-17-20-12-5-6-13-21(20)18-27-16-8-14-22(27)28/h2-6,9-10,12-13H,7-8,11,14-18H2,1H3,(H2,24,25,26). The summed E-state index contributed by atoms with van der Waals surface area (Å²) in [6.45, 7) is 3.13. The second kappa shape index (κ2) is 10.5. The molecule has 0 aliphatic carbocycles. The number of amides is 1. The van der Waals surface area contributed by atoms with Gasteiger partial charge in [0.15, 0.2) is 5.96 Å². The van der Waals surface area contributed by atoms with Gasteiger partial charge < -0.3 is 15.5 Å². The Kier molecular flexibility index (Phi) is 7.47. The van der Waals surface area contributed by atoms with Crippen LogP contribution in [0.3, 0.4) is 0 Å². The molecule has 0 spiro atoms. The molecule has 1 amide bonds. The summed E-state index contributed by atoms with van der Waals surface area (Å²) in [5.41, 5.74) is 3.76. The van der Waals surface area contributed by atoms with Gasteiger partial charge in [0.05, 0.1) is 0 Å². The Balaban J connectivity index is 1.46. The highest BCUT2D eigenvalue weighted by molar-refractivity contribution is 5.79. The molecule has 2 aromatic rings. The molecule has 0 saturated carbocycles. The van der Waals surface area contributed by atoms with Crippen LogP contribution in [0.5, 0.6) is 0 Å². The van der Waals surface area contributed by atoms with Crippen LogP contribution in [0.1, 0.15) is 36.0 Å². The van der Waals surface area contributed by atoms with E-state index in [1.54, 1.807) is 7.05 Å². The monoisotopic (exact) mass is 378 g/mol. The van der Waals surface area contributed by atoms with Crippen molar-refractivity contribution < 1.29 is 4.79 Å². The van der Waals surface area contributed by atoms with Gasteiger partial charge in [0, 0.05) is 39.6 Å². The summed E-state index contributed by atoms with van der Waals surface area (Å²) in [5.74, 6) is 1.07. The van der Waals surface area contributed by atoms with Crippen molar-refractivity contribution in [3.63, 3.8) is 0 Å². The Morgan fingerprint density at radius 2 is 1.79 bits per heavy atom. The number of carbonyl (C=O) groups is 1. The van der Waals surface area contributed by atoms with Gasteiger partial charge in [-0.1, -0.05) is 54.6 Å². The van der Waals surface area contributed by atoms with E-state index in [4.69, 9.17) is 0 Å². The number of guanidine groups is 1. The predicted molar refractivity (Wildman–Crippen MR) is 114 cm³/mol. The lowest BCUT2D eigenvalue weighted by molar-refractivity contribution is -0.128. The molecule has 1 fully saturated rings. The minimum absolute atomic E-state index is 0.263. The zero-order valence-corrected chi connectivity index (χ0v) is 16.7. The van der Waals surface area contributed by atoms with E-state index in [0.717, 1.165) is 38.3 Å². The Bertz CT molecular complexity index is 788. The third-order valence-electron chi connectivity index (χ3n) is 5.10. The van der Waals surface area contributed by atoms with E-state index in [1.165, 1.54) is 16.7 Å². The maximum atomic E-state index is 11.9. The SMILES string of the molecule is CN=C(NCCCc1ccccc1)NCc1ccccc1CN1CCCC1=O. The van der Waals surface area contributed by atoms with Gasteiger partial charge in [0.25, 0.3) is 0 Å². The second-order valence-corrected chi connectivity index (χ2v) is 7.13. The molecular formula is C23H30N4O. The average Bonchev–Trinajstić information content (AvgIpc) is 3.14. The van der Waals surface area contributed by atoms with Crippen molar-refractivity contribution in [2.45, 2.75) is 38.8 Å². The zero-order valence-electron chi connectivity index (χ0n) is 16.7. The number of hydrogen-bond acceptors (Lipinski definition) is 2. The number of likely N-dealkylation sites (tertiary alicyclic amines) is 1. The maximum absolute atomic E-state index is 11.9. The summed E-state index contributed by atoms with van der Waals surface area (Å²) in [4.78, 5) is 18.2. The van der Waals surface area contributed by atoms with Crippen LogP contribution in [-0.2, 0) is 24.3 Å². The van der Waals surface area contributed by atoms with Crippen LogP contribution < -0.4 is 10.6 Å². The second-order valence-electron chi connectivity index (χ2n) is 7.13. The quantitative estimate of drug-likeness (QED) is 0.422. The molecule has 2 aromatic carbocycles. The first-order valence-electron chi connectivity index (χ1n) is 10.1. The highest BCUT2D eigenvalue weighted by Crippen LogP contribution is 2.17. The molecule has 0 bridgehead atoms. The summed E-state index contributed by atoms with van der Waals surface area (Å²) < 4.78 is 0. The number of aryl methyl sites for hydroxylation is 1. The number of benzene rings is 2. The van der Waals surface area contributed by atoms with E-state index in [9.17, 15) is 4.79 Å². The highest BCUT2D eigenvalue weighted by atomic mass is 16.2. The summed E-state index contributed by atoms with van der Waals surface area (Å²) in [5, 5.41) is 6.78. The van der Waals surface area contributed by atoms with Crippen LogP contribution in [0.4, 0.5) is 0 Å². The number of rotatable bonds is 8. The first-order valence-corrected chi connectivity index (χ1v) is 10.1. The van der Waals surface area contributed by atoms with Crippen molar-refractivity contribution in [1.29, 1.82) is 0 Å². The maximum Gasteiger partial charge on any atom is 0.222 e. The van der Waals surface area contributed by atoms with Gasteiger partial charge in [-0.05, 0) is 36.0 Å². The van der Waals surface area contributed by atoms with Crippen molar-refractivity contribution in [1.82, 2.24) is 15.5 Å². The molecule has 148 valence electrons. The molecule has 0 radical (unpaired) electrons. The molecule has 2 N–H and O–H groups in total. The lowest BCUT2D eigenvalue weighted by Gasteiger charge is -2.19. The molecule has 5 nitrogen and oxygen atoms in total. The lowest BCUT2D eigenvalue weighted by Crippen LogP contribution is -2.37. The van der Waals surface area contributed by atoms with Crippen LogP contribution in [0, 0.1) is 0 Å². The van der Waals surface area contributed by atoms with Crippen LogP contribution in [0.2, 0.25) is 0 Å². The van der Waals surface area contributed by atoms with Crippen LogP contribution in [0.25, 0.3) is 0 Å². The topological polar surface area (TPSA) is 56.7 Å². The lowest BCUT2D eigenvalue weighted by atomic mass is 10.1. The van der Waals surface area contributed by atoms with Crippen LogP contribution in [0.15, 0.2) is 59.6 Å². The van der Waals surface area contributed by atoms with Gasteiger partial charge in [-0.25, -0.2) is 0 Å². The Labute approximate surface area is 167 Å².